The van der Waals surface area contributed by atoms with E-state index in [4.69, 9.17) is 11.6 Å². The van der Waals surface area contributed by atoms with Crippen LogP contribution in [0.3, 0.4) is 0 Å². The van der Waals surface area contributed by atoms with Gasteiger partial charge in [-0.1, -0.05) is 62.7 Å². The standard InChI is InChI=1S/C24H28ClN3O3/c1-24(2,3)18-10-8-17(9-11-18)21(29)22(30)27-12-5-13-28(15-14-27)23(31)26-20-7-4-6-19(25)16-20/h4,6-11,16H,5,12-15H2,1-3H3,(H,26,31). The Morgan fingerprint density at radius 2 is 1.55 bits per heavy atom. The number of nitrogens with zero attached hydrogens (tertiary/aromatic N) is 2. The van der Waals surface area contributed by atoms with E-state index in [1.54, 1.807) is 41.3 Å². The van der Waals surface area contributed by atoms with Gasteiger partial charge >= 0.3 is 6.03 Å². The predicted octanol–water partition coefficient (Wildman–Crippen LogP) is 4.59. The van der Waals surface area contributed by atoms with Crippen molar-refractivity contribution in [2.24, 2.45) is 0 Å². The van der Waals surface area contributed by atoms with E-state index in [-0.39, 0.29) is 11.4 Å². The molecule has 31 heavy (non-hydrogen) atoms. The number of amides is 3. The third-order valence-corrected chi connectivity index (χ3v) is 5.59. The van der Waals surface area contributed by atoms with Crippen molar-refractivity contribution in [2.75, 3.05) is 31.5 Å². The summed E-state index contributed by atoms with van der Waals surface area (Å²) in [4.78, 5) is 41.3. The van der Waals surface area contributed by atoms with Gasteiger partial charge in [0.2, 0.25) is 5.78 Å². The number of rotatable bonds is 3. The molecule has 0 atom stereocenters. The van der Waals surface area contributed by atoms with Crippen LogP contribution in [0, 0.1) is 0 Å². The van der Waals surface area contributed by atoms with E-state index < -0.39 is 11.7 Å². The van der Waals surface area contributed by atoms with Gasteiger partial charge in [-0.25, -0.2) is 4.79 Å². The van der Waals surface area contributed by atoms with Crippen LogP contribution < -0.4 is 5.32 Å². The minimum atomic E-state index is -0.527. The maximum absolute atomic E-state index is 12.8. The van der Waals surface area contributed by atoms with E-state index in [2.05, 4.69) is 26.1 Å². The first kappa shape index (κ1) is 22.8. The Hall–Kier alpha value is -2.86. The number of carbonyl (C=O) groups is 3. The van der Waals surface area contributed by atoms with Gasteiger partial charge in [0.05, 0.1) is 0 Å². The number of urea groups is 1. The molecule has 0 unspecified atom stereocenters. The molecule has 164 valence electrons. The molecule has 1 saturated heterocycles. The summed E-state index contributed by atoms with van der Waals surface area (Å²) < 4.78 is 0. The fourth-order valence-corrected chi connectivity index (χ4v) is 3.67. The fraction of sp³-hybridized carbons (Fsp3) is 0.375. The van der Waals surface area contributed by atoms with Gasteiger partial charge in [-0.15, -0.1) is 0 Å². The lowest BCUT2D eigenvalue weighted by Gasteiger charge is -2.22. The molecule has 3 rings (SSSR count). The predicted molar refractivity (Wildman–Crippen MR) is 123 cm³/mol. The van der Waals surface area contributed by atoms with Gasteiger partial charge in [0.25, 0.3) is 5.91 Å². The summed E-state index contributed by atoms with van der Waals surface area (Å²) >= 11 is 5.96. The molecule has 3 amide bonds. The molecule has 7 heteroatoms. The van der Waals surface area contributed by atoms with E-state index in [0.29, 0.717) is 48.9 Å². The molecular weight excluding hydrogens is 414 g/mol. The van der Waals surface area contributed by atoms with Crippen molar-refractivity contribution < 1.29 is 14.4 Å². The lowest BCUT2D eigenvalue weighted by atomic mass is 9.86. The van der Waals surface area contributed by atoms with E-state index in [9.17, 15) is 14.4 Å². The Kier molecular flexibility index (Phi) is 7.01. The molecule has 6 nitrogen and oxygen atoms in total. The molecule has 0 radical (unpaired) electrons. The molecule has 1 aliphatic rings. The Labute approximate surface area is 188 Å². The highest BCUT2D eigenvalue weighted by Gasteiger charge is 2.27. The van der Waals surface area contributed by atoms with Gasteiger partial charge in [-0.05, 0) is 35.6 Å². The zero-order valence-corrected chi connectivity index (χ0v) is 18.9. The van der Waals surface area contributed by atoms with Gasteiger partial charge in [0.1, 0.15) is 0 Å². The van der Waals surface area contributed by atoms with Crippen LogP contribution in [0.25, 0.3) is 0 Å². The summed E-state index contributed by atoms with van der Waals surface area (Å²) in [6, 6.07) is 13.9. The maximum atomic E-state index is 12.8. The first-order chi connectivity index (χ1) is 14.6. The van der Waals surface area contributed by atoms with Crippen LogP contribution in [0.2, 0.25) is 5.02 Å². The lowest BCUT2D eigenvalue weighted by Crippen LogP contribution is -2.41. The topological polar surface area (TPSA) is 69.7 Å². The highest BCUT2D eigenvalue weighted by Crippen LogP contribution is 2.22. The Morgan fingerprint density at radius 1 is 0.903 bits per heavy atom. The summed E-state index contributed by atoms with van der Waals surface area (Å²) in [5.74, 6) is -1.04. The minimum Gasteiger partial charge on any atom is -0.334 e. The van der Waals surface area contributed by atoms with Crippen LogP contribution >= 0.6 is 11.6 Å². The normalized spacial score (nSPS) is 14.7. The number of anilines is 1. The van der Waals surface area contributed by atoms with Crippen molar-refractivity contribution in [1.29, 1.82) is 0 Å². The van der Waals surface area contributed by atoms with Crippen molar-refractivity contribution in [3.63, 3.8) is 0 Å². The van der Waals surface area contributed by atoms with Crippen molar-refractivity contribution in [2.45, 2.75) is 32.6 Å². The molecule has 0 spiro atoms. The first-order valence-corrected chi connectivity index (χ1v) is 10.8. The van der Waals surface area contributed by atoms with Crippen molar-refractivity contribution in [3.05, 3.63) is 64.7 Å². The summed E-state index contributed by atoms with van der Waals surface area (Å²) in [6.07, 6.45) is 0.602. The number of nitrogens with one attached hydrogen (secondary N) is 1. The van der Waals surface area contributed by atoms with Crippen LogP contribution in [0.4, 0.5) is 10.5 Å². The van der Waals surface area contributed by atoms with Gasteiger partial charge in [0.15, 0.2) is 0 Å². The van der Waals surface area contributed by atoms with Crippen molar-refractivity contribution >= 4 is 35.0 Å². The highest BCUT2D eigenvalue weighted by molar-refractivity contribution is 6.42. The number of Topliss-reactive ketones (excluding diaryl/α,β-unsaturated/α-hetero) is 1. The number of carbonyl (C=O) groups excluding carboxylic acids is 3. The first-order valence-electron chi connectivity index (χ1n) is 10.4. The largest absolute Gasteiger partial charge is 0.334 e. The van der Waals surface area contributed by atoms with Crippen molar-refractivity contribution in [1.82, 2.24) is 9.80 Å². The summed E-state index contributed by atoms with van der Waals surface area (Å²) in [6.45, 7) is 7.90. The van der Waals surface area contributed by atoms with Crippen LogP contribution in [-0.4, -0.2) is 53.7 Å². The van der Waals surface area contributed by atoms with E-state index in [1.165, 1.54) is 4.90 Å². The molecule has 0 aliphatic carbocycles. The van der Waals surface area contributed by atoms with Gasteiger partial charge < -0.3 is 15.1 Å². The second-order valence-electron chi connectivity index (χ2n) is 8.73. The Balaban J connectivity index is 1.60. The highest BCUT2D eigenvalue weighted by atomic mass is 35.5. The monoisotopic (exact) mass is 441 g/mol. The van der Waals surface area contributed by atoms with Gasteiger partial charge in [0, 0.05) is 42.5 Å². The molecule has 1 fully saturated rings. The van der Waals surface area contributed by atoms with Gasteiger partial charge in [-0.3, -0.25) is 9.59 Å². The molecular formula is C24H28ClN3O3. The molecule has 2 aromatic carbocycles. The Bertz CT molecular complexity index is 967. The number of ketones is 1. The molecule has 1 aliphatic heterocycles. The Morgan fingerprint density at radius 3 is 2.19 bits per heavy atom. The maximum Gasteiger partial charge on any atom is 0.321 e. The van der Waals surface area contributed by atoms with E-state index >= 15 is 0 Å². The number of hydrogen-bond donors (Lipinski definition) is 1. The summed E-state index contributed by atoms with van der Waals surface area (Å²) in [5.41, 5.74) is 2.08. The molecule has 0 bridgehead atoms. The SMILES string of the molecule is CC(C)(C)c1ccc(C(=O)C(=O)N2CCCN(C(=O)Nc3cccc(Cl)c3)CC2)cc1. The summed E-state index contributed by atoms with van der Waals surface area (Å²) in [7, 11) is 0. The fourth-order valence-electron chi connectivity index (χ4n) is 3.48. The number of benzene rings is 2. The second kappa shape index (κ2) is 9.52. The third kappa shape index (κ3) is 5.85. The van der Waals surface area contributed by atoms with Crippen LogP contribution in [-0.2, 0) is 10.2 Å². The third-order valence-electron chi connectivity index (χ3n) is 5.35. The van der Waals surface area contributed by atoms with Crippen LogP contribution in [0.1, 0.15) is 43.1 Å². The average molecular weight is 442 g/mol. The molecule has 1 heterocycles. The lowest BCUT2D eigenvalue weighted by molar-refractivity contribution is -0.126. The second-order valence-corrected chi connectivity index (χ2v) is 9.17. The smallest absolute Gasteiger partial charge is 0.321 e. The van der Waals surface area contributed by atoms with Gasteiger partial charge in [-0.2, -0.15) is 0 Å². The van der Waals surface area contributed by atoms with Crippen LogP contribution in [0.15, 0.2) is 48.5 Å². The summed E-state index contributed by atoms with van der Waals surface area (Å²) in [5, 5.41) is 3.36. The quantitative estimate of drug-likeness (QED) is 0.559. The zero-order valence-electron chi connectivity index (χ0n) is 18.2. The number of halogens is 1. The van der Waals surface area contributed by atoms with Crippen LogP contribution in [0.5, 0.6) is 0 Å². The number of hydrogen-bond acceptors (Lipinski definition) is 3. The van der Waals surface area contributed by atoms with Crippen molar-refractivity contribution in [3.8, 4) is 0 Å². The zero-order chi connectivity index (χ0) is 22.6. The molecule has 1 N–H and O–H groups in total. The molecule has 0 aromatic heterocycles. The molecule has 2 aromatic rings. The minimum absolute atomic E-state index is 0.0223. The van der Waals surface area contributed by atoms with E-state index in [0.717, 1.165) is 5.56 Å². The molecule has 0 saturated carbocycles. The van der Waals surface area contributed by atoms with E-state index in [1.807, 2.05) is 12.1 Å². The average Bonchev–Trinajstić information content (AvgIpc) is 2.98.